The molecule has 158 valence electrons. The Balaban J connectivity index is 1.62. The van der Waals surface area contributed by atoms with Gasteiger partial charge in [-0.3, -0.25) is 9.80 Å². The lowest BCUT2D eigenvalue weighted by molar-refractivity contribution is -0.0311. The van der Waals surface area contributed by atoms with Crippen LogP contribution in [0.2, 0.25) is 0 Å². The number of carbonyl (C=O) groups excluding carboxylic acids is 1. The van der Waals surface area contributed by atoms with Crippen molar-refractivity contribution in [2.75, 3.05) is 24.5 Å². The molecule has 0 spiro atoms. The van der Waals surface area contributed by atoms with Crippen LogP contribution in [-0.4, -0.2) is 58.0 Å². The molecule has 1 atom stereocenters. The van der Waals surface area contributed by atoms with E-state index in [-0.39, 0.29) is 35.2 Å². The number of carboxylic acids is 1. The molecule has 0 aliphatic carbocycles. The summed E-state index contributed by atoms with van der Waals surface area (Å²) in [5, 5.41) is 30.0. The van der Waals surface area contributed by atoms with Gasteiger partial charge in [-0.05, 0) is 50.0 Å². The third kappa shape index (κ3) is 3.91. The second kappa shape index (κ2) is 8.23. The van der Waals surface area contributed by atoms with Crippen molar-refractivity contribution in [1.29, 1.82) is 0 Å². The number of phenolic OH excluding ortho intramolecular Hbond substituents is 1. The maximum Gasteiger partial charge on any atom is 0.415 e. The van der Waals surface area contributed by atoms with Crippen LogP contribution in [0.1, 0.15) is 28.8 Å². The topological polar surface area (TPSA) is 111 Å². The number of phenols is 2. The highest BCUT2D eigenvalue weighted by molar-refractivity contribution is 5.92. The summed E-state index contributed by atoms with van der Waals surface area (Å²) in [6, 6.07) is 10.7. The van der Waals surface area contributed by atoms with Crippen LogP contribution in [0.15, 0.2) is 42.5 Å². The smallest absolute Gasteiger partial charge is 0.415 e. The number of benzene rings is 2. The van der Waals surface area contributed by atoms with E-state index in [1.165, 1.54) is 29.2 Å². The van der Waals surface area contributed by atoms with Crippen molar-refractivity contribution < 1.29 is 29.6 Å². The number of fused-ring (bicyclic) bond motifs is 3. The van der Waals surface area contributed by atoms with Crippen molar-refractivity contribution in [1.82, 2.24) is 4.90 Å². The Morgan fingerprint density at radius 3 is 2.43 bits per heavy atom. The zero-order valence-corrected chi connectivity index (χ0v) is 16.4. The van der Waals surface area contributed by atoms with Gasteiger partial charge in [0.05, 0.1) is 12.2 Å². The molecule has 3 fully saturated rings. The third-order valence-electron chi connectivity index (χ3n) is 5.92. The van der Waals surface area contributed by atoms with Crippen LogP contribution in [0.3, 0.4) is 0 Å². The molecule has 2 aromatic carbocycles. The monoisotopic (exact) mass is 412 g/mol. The van der Waals surface area contributed by atoms with E-state index in [1.54, 1.807) is 18.2 Å². The van der Waals surface area contributed by atoms with Gasteiger partial charge in [-0.1, -0.05) is 24.3 Å². The molecule has 3 heterocycles. The highest BCUT2D eigenvalue weighted by Crippen LogP contribution is 2.34. The van der Waals surface area contributed by atoms with E-state index in [2.05, 4.69) is 4.90 Å². The molecule has 3 aliphatic rings. The number of carbonyl (C=O) groups is 2. The lowest BCUT2D eigenvalue weighted by atomic mass is 9.86. The number of piperidine rings is 3. The average molecular weight is 412 g/mol. The lowest BCUT2D eigenvalue weighted by Crippen LogP contribution is -2.53. The fraction of sp³-hybridized carbons (Fsp3) is 0.364. The summed E-state index contributed by atoms with van der Waals surface area (Å²) in [6.07, 6.45) is 1.09. The number of hydrogen-bond donors (Lipinski definition) is 3. The maximum absolute atomic E-state index is 13.2. The number of amides is 1. The van der Waals surface area contributed by atoms with Crippen molar-refractivity contribution in [2.45, 2.75) is 25.5 Å². The highest BCUT2D eigenvalue weighted by atomic mass is 16.6. The Bertz CT molecular complexity index is 954. The first kappa shape index (κ1) is 20.0. The Labute approximate surface area is 173 Å². The van der Waals surface area contributed by atoms with Crippen molar-refractivity contribution in [3.63, 3.8) is 0 Å². The van der Waals surface area contributed by atoms with Crippen LogP contribution in [0, 0.1) is 5.92 Å². The van der Waals surface area contributed by atoms with Crippen molar-refractivity contribution in [3.05, 3.63) is 53.6 Å². The molecule has 8 nitrogen and oxygen atoms in total. The Morgan fingerprint density at radius 2 is 1.80 bits per heavy atom. The minimum atomic E-state index is -1.27. The standard InChI is InChI=1S/C22H24N2O6/c25-18-7-2-1-6-17(18)24(12-15-4-3-5-16(20(15)26)21(27)28)22(29)30-19-13-23-10-8-14(19)9-11-23/h1-7,14,19,25-26H,8-13H2,(H,27,28)/t19-/m0/s1. The molecule has 2 aromatic rings. The number of rotatable bonds is 5. The zero-order valence-electron chi connectivity index (χ0n) is 16.4. The van der Waals surface area contributed by atoms with Crippen LogP contribution in [0.4, 0.5) is 10.5 Å². The second-order valence-corrected chi connectivity index (χ2v) is 7.75. The van der Waals surface area contributed by atoms with Crippen LogP contribution in [-0.2, 0) is 11.3 Å². The second-order valence-electron chi connectivity index (χ2n) is 7.75. The van der Waals surface area contributed by atoms with Crippen LogP contribution >= 0.6 is 0 Å². The Morgan fingerprint density at radius 1 is 1.07 bits per heavy atom. The number of carboxylic acid groups (broad SMARTS) is 1. The third-order valence-corrected chi connectivity index (χ3v) is 5.92. The lowest BCUT2D eigenvalue weighted by Gasteiger charge is -2.44. The van der Waals surface area contributed by atoms with Gasteiger partial charge in [0.25, 0.3) is 0 Å². The van der Waals surface area contributed by atoms with Gasteiger partial charge in [0.1, 0.15) is 23.2 Å². The first-order valence-corrected chi connectivity index (χ1v) is 9.96. The number of aromatic hydroxyl groups is 2. The predicted molar refractivity (Wildman–Crippen MR) is 109 cm³/mol. The summed E-state index contributed by atoms with van der Waals surface area (Å²) in [4.78, 5) is 28.0. The molecule has 0 unspecified atom stereocenters. The van der Waals surface area contributed by atoms with Crippen LogP contribution < -0.4 is 4.90 Å². The van der Waals surface area contributed by atoms with Crippen molar-refractivity contribution in [3.8, 4) is 11.5 Å². The number of ether oxygens (including phenoxy) is 1. The van der Waals surface area contributed by atoms with Gasteiger partial charge in [-0.2, -0.15) is 0 Å². The molecule has 0 aromatic heterocycles. The quantitative estimate of drug-likeness (QED) is 0.692. The Hall–Kier alpha value is -3.26. The largest absolute Gasteiger partial charge is 0.507 e. The zero-order chi connectivity index (χ0) is 21.3. The van der Waals surface area contributed by atoms with Crippen molar-refractivity contribution >= 4 is 17.7 Å². The highest BCUT2D eigenvalue weighted by Gasteiger charge is 2.37. The summed E-state index contributed by atoms with van der Waals surface area (Å²) in [5.41, 5.74) is 0.211. The van der Waals surface area contributed by atoms with E-state index in [0.717, 1.165) is 25.9 Å². The van der Waals surface area contributed by atoms with E-state index in [4.69, 9.17) is 4.74 Å². The fourth-order valence-corrected chi connectivity index (χ4v) is 4.24. The van der Waals surface area contributed by atoms with Gasteiger partial charge >= 0.3 is 12.1 Å². The molecule has 3 saturated heterocycles. The van der Waals surface area contributed by atoms with Gasteiger partial charge in [-0.25, -0.2) is 9.59 Å². The summed E-state index contributed by atoms with van der Waals surface area (Å²) in [7, 11) is 0. The maximum atomic E-state index is 13.2. The first-order chi connectivity index (χ1) is 14.4. The number of hydrogen-bond acceptors (Lipinski definition) is 6. The average Bonchev–Trinajstić information content (AvgIpc) is 2.74. The van der Waals surface area contributed by atoms with Crippen LogP contribution in [0.25, 0.3) is 0 Å². The molecule has 2 bridgehead atoms. The molecule has 3 aliphatic heterocycles. The van der Waals surface area contributed by atoms with Gasteiger partial charge in [0.2, 0.25) is 0 Å². The number of aromatic carboxylic acids is 1. The summed E-state index contributed by atoms with van der Waals surface area (Å²) < 4.78 is 5.82. The molecule has 8 heteroatoms. The van der Waals surface area contributed by atoms with E-state index < -0.39 is 17.8 Å². The summed E-state index contributed by atoms with van der Waals surface area (Å²) in [5.74, 6) is -1.48. The van der Waals surface area contributed by atoms with Gasteiger partial charge < -0.3 is 20.1 Å². The number of nitrogens with zero attached hydrogens (tertiary/aromatic N) is 2. The van der Waals surface area contributed by atoms with Gasteiger partial charge in [0, 0.05) is 12.1 Å². The number of para-hydroxylation sites is 3. The Kier molecular flexibility index (Phi) is 5.50. The summed E-state index contributed by atoms with van der Waals surface area (Å²) >= 11 is 0. The normalized spacial score (nSPS) is 22.5. The van der Waals surface area contributed by atoms with Gasteiger partial charge in [-0.15, -0.1) is 0 Å². The fourth-order valence-electron chi connectivity index (χ4n) is 4.24. The first-order valence-electron chi connectivity index (χ1n) is 9.96. The van der Waals surface area contributed by atoms with Crippen molar-refractivity contribution in [2.24, 2.45) is 5.92 Å². The molecule has 0 radical (unpaired) electrons. The predicted octanol–water partition coefficient (Wildman–Crippen LogP) is 3.03. The molecule has 0 saturated carbocycles. The molecule has 30 heavy (non-hydrogen) atoms. The molecule has 1 amide bonds. The SMILES string of the molecule is O=C(O)c1cccc(CN(C(=O)O[C@H]2CN3CCC2CC3)c2ccccc2O)c1O. The van der Waals surface area contributed by atoms with Crippen LogP contribution in [0.5, 0.6) is 11.5 Å². The summed E-state index contributed by atoms with van der Waals surface area (Å²) in [6.45, 7) is 2.56. The van der Waals surface area contributed by atoms with E-state index in [0.29, 0.717) is 12.5 Å². The molecule has 5 rings (SSSR count). The number of anilines is 1. The minimum absolute atomic E-state index is 0.114. The van der Waals surface area contributed by atoms with Gasteiger partial charge in [0.15, 0.2) is 0 Å². The van der Waals surface area contributed by atoms with E-state index in [1.807, 2.05) is 0 Å². The van der Waals surface area contributed by atoms with E-state index in [9.17, 15) is 24.9 Å². The molecular formula is C22H24N2O6. The molecular weight excluding hydrogens is 388 g/mol. The minimum Gasteiger partial charge on any atom is -0.507 e. The molecule has 3 N–H and O–H groups in total. The van der Waals surface area contributed by atoms with E-state index >= 15 is 0 Å².